The molecule has 0 aliphatic carbocycles. The van der Waals surface area contributed by atoms with Crippen LogP contribution in [0.5, 0.6) is 0 Å². The first-order valence-corrected chi connectivity index (χ1v) is 5.04. The molecular formula is C9H9F3N4O3. The molecule has 0 aromatic heterocycles. The van der Waals surface area contributed by atoms with E-state index in [0.29, 0.717) is 10.7 Å². The molecule has 0 amide bonds. The Morgan fingerprint density at radius 2 is 2.05 bits per heavy atom. The maximum atomic E-state index is 12.2. The van der Waals surface area contributed by atoms with Crippen LogP contribution in [0.2, 0.25) is 0 Å². The topological polar surface area (TPSA) is 70.9 Å². The number of aryl methyl sites for hydroxylation is 1. The van der Waals surface area contributed by atoms with E-state index in [1.165, 1.54) is 26.1 Å². The molecule has 0 spiro atoms. The number of anilines is 2. The maximum absolute atomic E-state index is 12.2. The summed E-state index contributed by atoms with van der Waals surface area (Å²) in [4.78, 5) is 14.0. The third kappa shape index (κ3) is 2.53. The summed E-state index contributed by atoms with van der Waals surface area (Å²) >= 11 is 0. The normalized spacial score (nSPS) is 14.8. The summed E-state index contributed by atoms with van der Waals surface area (Å²) in [7, 11) is 1.35. The summed E-state index contributed by atoms with van der Waals surface area (Å²) in [5, 5.41) is 12.3. The van der Waals surface area contributed by atoms with E-state index in [9.17, 15) is 23.3 Å². The van der Waals surface area contributed by atoms with E-state index in [4.69, 9.17) is 0 Å². The van der Waals surface area contributed by atoms with Crippen LogP contribution in [0.25, 0.3) is 0 Å². The van der Waals surface area contributed by atoms with E-state index in [2.05, 4.69) is 10.4 Å². The minimum Gasteiger partial charge on any atom is -0.284 e. The second kappa shape index (κ2) is 4.24. The van der Waals surface area contributed by atoms with Gasteiger partial charge in [0.05, 0.1) is 4.92 Å². The highest BCUT2D eigenvalue weighted by molar-refractivity contribution is 5.82. The number of fused-ring (bicyclic) bond motifs is 1. The molecule has 104 valence electrons. The number of nitrogens with zero attached hydrogens (tertiary/aromatic N) is 3. The third-order valence-corrected chi connectivity index (χ3v) is 2.40. The van der Waals surface area contributed by atoms with Crippen LogP contribution in [0.4, 0.5) is 30.2 Å². The van der Waals surface area contributed by atoms with Gasteiger partial charge >= 0.3 is 6.36 Å². The fourth-order valence-corrected chi connectivity index (χ4v) is 1.79. The van der Waals surface area contributed by atoms with E-state index in [1.807, 2.05) is 0 Å². The van der Waals surface area contributed by atoms with Gasteiger partial charge in [0.1, 0.15) is 5.69 Å². The number of halogens is 3. The Morgan fingerprint density at radius 1 is 1.42 bits per heavy atom. The lowest BCUT2D eigenvalue weighted by Gasteiger charge is -2.19. The summed E-state index contributed by atoms with van der Waals surface area (Å²) in [6.07, 6.45) is -4.91. The number of hydrazine groups is 2. The summed E-state index contributed by atoms with van der Waals surface area (Å²) in [6, 6.07) is 2.62. The van der Waals surface area contributed by atoms with Gasteiger partial charge in [-0.1, -0.05) is 0 Å². The predicted octanol–water partition coefficient (Wildman–Crippen LogP) is 2.03. The van der Waals surface area contributed by atoms with Gasteiger partial charge in [-0.25, -0.2) is 0 Å². The highest BCUT2D eigenvalue weighted by Gasteiger charge is 2.40. The Bertz CT molecular complexity index is 534. The Hall–Kier alpha value is -2.07. The van der Waals surface area contributed by atoms with Crippen LogP contribution in [0.15, 0.2) is 12.1 Å². The molecule has 1 aliphatic heterocycles. The summed E-state index contributed by atoms with van der Waals surface area (Å²) in [5.74, 6) is 0. The van der Waals surface area contributed by atoms with Gasteiger partial charge < -0.3 is 0 Å². The molecule has 7 nitrogen and oxygen atoms in total. The molecule has 0 saturated heterocycles. The zero-order valence-corrected chi connectivity index (χ0v) is 9.85. The molecule has 0 radical (unpaired) electrons. The van der Waals surface area contributed by atoms with Crippen molar-refractivity contribution in [2.45, 2.75) is 13.3 Å². The van der Waals surface area contributed by atoms with Crippen molar-refractivity contribution < 1.29 is 22.9 Å². The predicted molar refractivity (Wildman–Crippen MR) is 59.0 cm³/mol. The average molecular weight is 278 g/mol. The first kappa shape index (κ1) is 13.4. The van der Waals surface area contributed by atoms with Gasteiger partial charge in [0.15, 0.2) is 5.69 Å². The molecule has 0 atom stereocenters. The van der Waals surface area contributed by atoms with Gasteiger partial charge in [0, 0.05) is 13.1 Å². The van der Waals surface area contributed by atoms with Crippen LogP contribution in [0.3, 0.4) is 0 Å². The zero-order chi connectivity index (χ0) is 14.4. The fourth-order valence-electron chi connectivity index (χ4n) is 1.79. The van der Waals surface area contributed by atoms with Crippen molar-refractivity contribution in [3.8, 4) is 0 Å². The number of nitro groups is 1. The van der Waals surface area contributed by atoms with Crippen molar-refractivity contribution in [2.75, 3.05) is 17.2 Å². The van der Waals surface area contributed by atoms with Crippen molar-refractivity contribution in [3.63, 3.8) is 0 Å². The van der Waals surface area contributed by atoms with E-state index in [1.54, 1.807) is 0 Å². The Labute approximate surface area is 105 Å². The van der Waals surface area contributed by atoms with Crippen molar-refractivity contribution in [2.24, 2.45) is 0 Å². The molecular weight excluding hydrogens is 269 g/mol. The van der Waals surface area contributed by atoms with Gasteiger partial charge in [-0.15, -0.1) is 18.7 Å². The molecule has 1 aromatic carbocycles. The minimum atomic E-state index is -4.91. The van der Waals surface area contributed by atoms with E-state index in [0.717, 1.165) is 5.01 Å². The molecule has 0 fully saturated rings. The van der Waals surface area contributed by atoms with Crippen LogP contribution >= 0.6 is 0 Å². The molecule has 0 saturated carbocycles. The van der Waals surface area contributed by atoms with Crippen molar-refractivity contribution >= 4 is 17.1 Å². The molecule has 1 aromatic rings. The summed E-state index contributed by atoms with van der Waals surface area (Å²) < 4.78 is 36.7. The Balaban J connectivity index is 2.50. The van der Waals surface area contributed by atoms with Crippen LogP contribution < -0.4 is 15.7 Å². The Morgan fingerprint density at radius 3 is 2.58 bits per heavy atom. The number of nitro benzene ring substituents is 1. The van der Waals surface area contributed by atoms with Gasteiger partial charge in [-0.05, 0) is 18.6 Å². The van der Waals surface area contributed by atoms with Crippen LogP contribution in [-0.4, -0.2) is 18.3 Å². The monoisotopic (exact) mass is 278 g/mol. The number of hydrogen-bond acceptors (Lipinski definition) is 6. The van der Waals surface area contributed by atoms with E-state index >= 15 is 0 Å². The van der Waals surface area contributed by atoms with Crippen LogP contribution in [0.1, 0.15) is 5.56 Å². The number of hydrogen-bond donors (Lipinski definition) is 1. The first-order valence-electron chi connectivity index (χ1n) is 5.04. The summed E-state index contributed by atoms with van der Waals surface area (Å²) in [5.41, 5.74) is 2.28. The van der Waals surface area contributed by atoms with Crippen LogP contribution in [-0.2, 0) is 4.84 Å². The summed E-state index contributed by atoms with van der Waals surface area (Å²) in [6.45, 7) is 1.54. The minimum absolute atomic E-state index is 0.000139. The molecule has 1 heterocycles. The SMILES string of the molecule is Cc1cc2c(c([N+](=O)[O-])c1)N(C)NN2OC(F)(F)F. The van der Waals surface area contributed by atoms with Crippen molar-refractivity contribution in [3.05, 3.63) is 27.8 Å². The lowest BCUT2D eigenvalue weighted by atomic mass is 10.1. The smallest absolute Gasteiger partial charge is 0.284 e. The van der Waals surface area contributed by atoms with E-state index < -0.39 is 11.3 Å². The average Bonchev–Trinajstić information content (AvgIpc) is 2.52. The molecule has 0 unspecified atom stereocenters. The third-order valence-electron chi connectivity index (χ3n) is 2.40. The lowest BCUT2D eigenvalue weighted by Crippen LogP contribution is -2.45. The lowest BCUT2D eigenvalue weighted by molar-refractivity contribution is -0.384. The maximum Gasteiger partial charge on any atom is 0.545 e. The molecule has 19 heavy (non-hydrogen) atoms. The Kier molecular flexibility index (Phi) is 2.98. The molecule has 0 bridgehead atoms. The van der Waals surface area contributed by atoms with Gasteiger partial charge in [0.25, 0.3) is 5.69 Å². The van der Waals surface area contributed by atoms with Gasteiger partial charge in [0.2, 0.25) is 0 Å². The highest BCUT2D eigenvalue weighted by atomic mass is 19.4. The quantitative estimate of drug-likeness (QED) is 0.659. The number of rotatable bonds is 2. The van der Waals surface area contributed by atoms with Crippen molar-refractivity contribution in [1.29, 1.82) is 0 Å². The fraction of sp³-hybridized carbons (Fsp3) is 0.333. The largest absolute Gasteiger partial charge is 0.545 e. The number of alkyl halides is 3. The zero-order valence-electron chi connectivity index (χ0n) is 9.85. The molecule has 2 rings (SSSR count). The van der Waals surface area contributed by atoms with Crippen molar-refractivity contribution in [1.82, 2.24) is 5.53 Å². The standard InChI is InChI=1S/C9H9F3N4O3/c1-5-3-6-8(7(4-5)16(17)18)14(2)13-15(6)19-9(10,11)12/h3-4,13H,1-2H3. The van der Waals surface area contributed by atoms with Crippen LogP contribution in [0, 0.1) is 17.0 Å². The second-order valence-corrected chi connectivity index (χ2v) is 3.90. The van der Waals surface area contributed by atoms with E-state index in [-0.39, 0.29) is 17.1 Å². The highest BCUT2D eigenvalue weighted by Crippen LogP contribution is 2.42. The van der Waals surface area contributed by atoms with Gasteiger partial charge in [-0.2, -0.15) is 10.0 Å². The first-order chi connectivity index (χ1) is 8.69. The van der Waals surface area contributed by atoms with Gasteiger partial charge in [-0.3, -0.25) is 15.1 Å². The number of nitrogens with one attached hydrogen (secondary N) is 1. The molecule has 1 N–H and O–H groups in total. The number of benzene rings is 1. The molecule has 10 heteroatoms. The molecule has 1 aliphatic rings. The second-order valence-electron chi connectivity index (χ2n) is 3.90.